The number of fused-ring (bicyclic) bond motifs is 3. The summed E-state index contributed by atoms with van der Waals surface area (Å²) in [4.78, 5) is 14.8. The highest BCUT2D eigenvalue weighted by Gasteiger charge is 2.32. The van der Waals surface area contributed by atoms with Crippen molar-refractivity contribution in [2.24, 2.45) is 0 Å². The van der Waals surface area contributed by atoms with Crippen molar-refractivity contribution >= 4 is 21.8 Å². The average molecular weight is 819 g/mol. The standard InChI is InChI=1S/C51H36F6N4/c1-49(2,3)38-26-27-44-42(30-38)39-16-10-11-17-43(39)61(44)45-40(31-18-22-36(23-19-31)50(52,53)54)28-35(29-41(45)32-20-24-37(25-21-32)51(55,56)57)48-59-46(33-12-6-4-7-13-33)58-47(60-48)34-14-8-5-9-15-34/h4-30H,1-3H3. The van der Waals surface area contributed by atoms with Gasteiger partial charge in [0.25, 0.3) is 0 Å². The van der Waals surface area contributed by atoms with E-state index in [1.54, 1.807) is 0 Å². The van der Waals surface area contributed by atoms with Crippen LogP contribution in [0, 0.1) is 0 Å². The minimum absolute atomic E-state index is 0.183. The summed E-state index contributed by atoms with van der Waals surface area (Å²) >= 11 is 0. The molecule has 0 saturated heterocycles. The van der Waals surface area contributed by atoms with E-state index in [0.717, 1.165) is 62.8 Å². The Morgan fingerprint density at radius 2 is 0.787 bits per heavy atom. The molecule has 0 atom stereocenters. The molecule has 2 heterocycles. The Balaban J connectivity index is 1.42. The number of halogens is 6. The van der Waals surface area contributed by atoms with Gasteiger partial charge in [-0.2, -0.15) is 26.3 Å². The van der Waals surface area contributed by atoms with Gasteiger partial charge in [0.1, 0.15) is 0 Å². The highest BCUT2D eigenvalue weighted by atomic mass is 19.4. The first kappa shape index (κ1) is 39.4. The van der Waals surface area contributed by atoms with Crippen LogP contribution in [0.3, 0.4) is 0 Å². The molecule has 0 aliphatic heterocycles. The van der Waals surface area contributed by atoms with Crippen LogP contribution >= 0.6 is 0 Å². The van der Waals surface area contributed by atoms with Crippen molar-refractivity contribution in [3.63, 3.8) is 0 Å². The predicted octanol–water partition coefficient (Wildman–Crippen LogP) is 14.6. The fourth-order valence-electron chi connectivity index (χ4n) is 7.74. The summed E-state index contributed by atoms with van der Waals surface area (Å²) in [6.45, 7) is 6.39. The number of benzene rings is 7. The quantitative estimate of drug-likeness (QED) is 0.157. The molecule has 2 aromatic heterocycles. The van der Waals surface area contributed by atoms with Crippen molar-refractivity contribution in [3.8, 4) is 62.1 Å². The maximum absolute atomic E-state index is 14.0. The summed E-state index contributed by atoms with van der Waals surface area (Å²) < 4.78 is 86.2. The lowest BCUT2D eigenvalue weighted by atomic mass is 9.86. The van der Waals surface area contributed by atoms with Gasteiger partial charge in [0.2, 0.25) is 0 Å². The second-order valence-corrected chi connectivity index (χ2v) is 15.9. The fraction of sp³-hybridized carbons (Fsp3) is 0.118. The Morgan fingerprint density at radius 1 is 0.377 bits per heavy atom. The Labute approximate surface area is 347 Å². The van der Waals surface area contributed by atoms with Crippen LogP contribution in [0.1, 0.15) is 37.5 Å². The summed E-state index contributed by atoms with van der Waals surface area (Å²) in [7, 11) is 0. The van der Waals surface area contributed by atoms with Gasteiger partial charge in [0.15, 0.2) is 17.5 Å². The molecule has 0 spiro atoms. The van der Waals surface area contributed by atoms with Gasteiger partial charge in [-0.05, 0) is 76.7 Å². The van der Waals surface area contributed by atoms with Crippen LogP contribution in [0.15, 0.2) is 164 Å². The molecule has 4 nitrogen and oxygen atoms in total. The summed E-state index contributed by atoms with van der Waals surface area (Å²) in [5, 5.41) is 1.88. The third kappa shape index (κ3) is 7.54. The van der Waals surface area contributed by atoms with Gasteiger partial charge < -0.3 is 4.57 Å². The molecule has 7 aromatic carbocycles. The zero-order valence-corrected chi connectivity index (χ0v) is 33.1. The highest BCUT2D eigenvalue weighted by Crippen LogP contribution is 2.45. The second-order valence-electron chi connectivity index (χ2n) is 15.9. The minimum Gasteiger partial charge on any atom is -0.308 e. The van der Waals surface area contributed by atoms with Crippen molar-refractivity contribution in [2.75, 3.05) is 0 Å². The van der Waals surface area contributed by atoms with E-state index in [2.05, 4.69) is 37.5 Å². The number of aromatic nitrogens is 4. The van der Waals surface area contributed by atoms with Gasteiger partial charge in [-0.3, -0.25) is 0 Å². The van der Waals surface area contributed by atoms with E-state index in [0.29, 0.717) is 45.2 Å². The molecule has 0 fully saturated rings. The lowest BCUT2D eigenvalue weighted by Crippen LogP contribution is -2.10. The van der Waals surface area contributed by atoms with E-state index in [4.69, 9.17) is 15.0 Å². The van der Waals surface area contributed by atoms with E-state index in [1.165, 1.54) is 24.3 Å². The maximum Gasteiger partial charge on any atom is 0.416 e. The van der Waals surface area contributed by atoms with Gasteiger partial charge in [-0.1, -0.05) is 130 Å². The molecule has 9 aromatic rings. The molecule has 0 aliphatic rings. The number of hydrogen-bond acceptors (Lipinski definition) is 3. The van der Waals surface area contributed by atoms with Crippen LogP contribution in [0.4, 0.5) is 26.3 Å². The number of para-hydroxylation sites is 1. The van der Waals surface area contributed by atoms with Crippen molar-refractivity contribution in [2.45, 2.75) is 38.5 Å². The van der Waals surface area contributed by atoms with E-state index in [-0.39, 0.29) is 11.2 Å². The highest BCUT2D eigenvalue weighted by molar-refractivity contribution is 6.11. The Morgan fingerprint density at radius 3 is 1.25 bits per heavy atom. The van der Waals surface area contributed by atoms with Crippen molar-refractivity contribution in [3.05, 3.63) is 180 Å². The van der Waals surface area contributed by atoms with Crippen molar-refractivity contribution < 1.29 is 26.3 Å². The normalized spacial score (nSPS) is 12.3. The summed E-state index contributed by atoms with van der Waals surface area (Å²) in [6.07, 6.45) is -9.17. The van der Waals surface area contributed by atoms with Crippen LogP contribution in [-0.4, -0.2) is 19.5 Å². The van der Waals surface area contributed by atoms with E-state index in [1.807, 2.05) is 103 Å². The molecule has 61 heavy (non-hydrogen) atoms. The number of rotatable bonds is 6. The molecular weight excluding hydrogens is 783 g/mol. The Kier molecular flexibility index (Phi) is 9.61. The van der Waals surface area contributed by atoms with Gasteiger partial charge in [-0.15, -0.1) is 0 Å². The van der Waals surface area contributed by atoms with E-state index < -0.39 is 23.5 Å². The zero-order valence-electron chi connectivity index (χ0n) is 33.1. The summed E-state index contributed by atoms with van der Waals surface area (Å²) in [6, 6.07) is 46.4. The van der Waals surface area contributed by atoms with Crippen LogP contribution in [-0.2, 0) is 17.8 Å². The zero-order chi connectivity index (χ0) is 42.7. The molecule has 0 N–H and O–H groups in total. The lowest BCUT2D eigenvalue weighted by Gasteiger charge is -2.22. The maximum atomic E-state index is 14.0. The summed E-state index contributed by atoms with van der Waals surface area (Å²) in [5.41, 5.74) is 5.26. The van der Waals surface area contributed by atoms with Crippen molar-refractivity contribution in [1.29, 1.82) is 0 Å². The first-order chi connectivity index (χ1) is 29.1. The number of hydrogen-bond donors (Lipinski definition) is 0. The monoisotopic (exact) mass is 818 g/mol. The molecule has 0 bridgehead atoms. The average Bonchev–Trinajstić information content (AvgIpc) is 3.59. The molecule has 302 valence electrons. The Hall–Kier alpha value is -7.07. The second kappa shape index (κ2) is 14.9. The minimum atomic E-state index is -4.58. The molecular formula is C51H36F6N4. The van der Waals surface area contributed by atoms with Crippen molar-refractivity contribution in [1.82, 2.24) is 19.5 Å². The predicted molar refractivity (Wildman–Crippen MR) is 230 cm³/mol. The molecule has 10 heteroatoms. The van der Waals surface area contributed by atoms with Gasteiger partial charge >= 0.3 is 12.4 Å². The first-order valence-corrected chi connectivity index (χ1v) is 19.6. The van der Waals surface area contributed by atoms with Crippen LogP contribution in [0.5, 0.6) is 0 Å². The SMILES string of the molecule is CC(C)(C)c1ccc2c(c1)c1ccccc1n2-c1c(-c2ccc(C(F)(F)F)cc2)cc(-c2nc(-c3ccccc3)nc(-c3ccccc3)n2)cc1-c1ccc(C(F)(F)F)cc1. The number of nitrogens with zero attached hydrogens (tertiary/aromatic N) is 4. The van der Waals surface area contributed by atoms with Gasteiger partial charge in [0.05, 0.1) is 27.8 Å². The number of alkyl halides is 6. The van der Waals surface area contributed by atoms with Gasteiger partial charge in [0, 0.05) is 38.6 Å². The third-order valence-corrected chi connectivity index (χ3v) is 10.9. The van der Waals surface area contributed by atoms with Gasteiger partial charge in [-0.25, -0.2) is 15.0 Å². The van der Waals surface area contributed by atoms with E-state index in [9.17, 15) is 26.3 Å². The largest absolute Gasteiger partial charge is 0.416 e. The molecule has 9 rings (SSSR count). The topological polar surface area (TPSA) is 43.6 Å². The Bertz CT molecular complexity index is 2920. The molecule has 0 radical (unpaired) electrons. The molecule has 0 saturated carbocycles. The van der Waals surface area contributed by atoms with Crippen LogP contribution in [0.25, 0.3) is 83.9 Å². The summed E-state index contributed by atoms with van der Waals surface area (Å²) in [5.74, 6) is 1.04. The lowest BCUT2D eigenvalue weighted by molar-refractivity contribution is -0.138. The molecule has 0 amide bonds. The fourth-order valence-corrected chi connectivity index (χ4v) is 7.74. The third-order valence-electron chi connectivity index (χ3n) is 10.9. The smallest absolute Gasteiger partial charge is 0.308 e. The van der Waals surface area contributed by atoms with Crippen LogP contribution in [0.2, 0.25) is 0 Å². The molecule has 0 aliphatic carbocycles. The first-order valence-electron chi connectivity index (χ1n) is 19.6. The molecule has 0 unspecified atom stereocenters. The van der Waals surface area contributed by atoms with E-state index >= 15 is 0 Å². The van der Waals surface area contributed by atoms with Crippen LogP contribution < -0.4 is 0 Å².